The fraction of sp³-hybridized carbons (Fsp3) is 0.526. The number of nitrogens with one attached hydrogen (secondary N) is 1. The second kappa shape index (κ2) is 9.90. The summed E-state index contributed by atoms with van der Waals surface area (Å²) in [5.41, 5.74) is 1.76. The molecule has 2 aliphatic rings. The van der Waals surface area contributed by atoms with E-state index < -0.39 is 54.4 Å². The molecule has 2 aliphatic heterocycles. The molecule has 1 aromatic rings. The summed E-state index contributed by atoms with van der Waals surface area (Å²) in [4.78, 5) is 38.3. The Balaban J connectivity index is 1.62. The Labute approximate surface area is 183 Å². The number of rotatable bonds is 8. The van der Waals surface area contributed by atoms with E-state index in [1.165, 1.54) is 4.90 Å². The highest BCUT2D eigenvalue weighted by Crippen LogP contribution is 2.35. The van der Waals surface area contributed by atoms with Gasteiger partial charge in [-0.2, -0.15) is 0 Å². The zero-order valence-electron chi connectivity index (χ0n) is 17.4. The third kappa shape index (κ3) is 4.98. The molecule has 1 fully saturated rings. The Morgan fingerprint density at radius 1 is 1.35 bits per heavy atom. The van der Waals surface area contributed by atoms with Crippen molar-refractivity contribution >= 4 is 35.9 Å². The number of hydrogen-bond donors (Lipinski definition) is 3. The molecule has 0 spiro atoms. The summed E-state index contributed by atoms with van der Waals surface area (Å²) in [6.07, 6.45) is 0.289. The SMILES string of the molecule is CCN1CCN(S(=O)N[C@@H](CO)C(=O)C[C@H]2Cc3cccc(C)c3OB2O)C(=O)C1=O. The number of benzene rings is 1. The summed E-state index contributed by atoms with van der Waals surface area (Å²) < 4.78 is 21.4. The summed E-state index contributed by atoms with van der Waals surface area (Å²) in [6, 6.07) is 4.37. The standard InChI is InChI=1S/C19H26BN3O7S/c1-3-22-7-8-23(19(27)18(22)26)31(29)21-15(11-24)16(25)10-14-9-13-6-4-5-12(2)17(13)30-20(14)28/h4-6,14-15,21,24,28H,3,7-11H2,1-2H3/t14-,15+,31?/m1/s1. The van der Waals surface area contributed by atoms with Crippen LogP contribution in [0.1, 0.15) is 24.5 Å². The van der Waals surface area contributed by atoms with Crippen molar-refractivity contribution in [1.82, 2.24) is 13.9 Å². The van der Waals surface area contributed by atoms with E-state index in [9.17, 15) is 28.7 Å². The third-order valence-electron chi connectivity index (χ3n) is 5.55. The van der Waals surface area contributed by atoms with Gasteiger partial charge in [0.05, 0.1) is 13.2 Å². The van der Waals surface area contributed by atoms with Crippen LogP contribution in [-0.2, 0) is 32.0 Å². The molecule has 3 atom stereocenters. The van der Waals surface area contributed by atoms with Crippen LogP contribution in [0.15, 0.2) is 18.2 Å². The van der Waals surface area contributed by atoms with Crippen LogP contribution in [0.5, 0.6) is 5.75 Å². The Hall–Kier alpha value is -2.28. The maximum absolute atomic E-state index is 12.7. The third-order valence-corrected chi connectivity index (χ3v) is 6.78. The maximum Gasteiger partial charge on any atom is 0.526 e. The molecule has 1 saturated heterocycles. The van der Waals surface area contributed by atoms with Gasteiger partial charge in [-0.05, 0) is 31.4 Å². The predicted molar refractivity (Wildman–Crippen MR) is 113 cm³/mol. The first-order chi connectivity index (χ1) is 14.8. The van der Waals surface area contributed by atoms with E-state index in [0.717, 1.165) is 15.4 Å². The fourth-order valence-corrected chi connectivity index (χ4v) is 4.78. The molecule has 2 heterocycles. The van der Waals surface area contributed by atoms with Gasteiger partial charge in [0.25, 0.3) is 0 Å². The lowest BCUT2D eigenvalue weighted by Crippen LogP contribution is -2.58. The average molecular weight is 451 g/mol. The lowest BCUT2D eigenvalue weighted by molar-refractivity contribution is -0.152. The maximum atomic E-state index is 12.7. The quantitative estimate of drug-likeness (QED) is 0.339. The van der Waals surface area contributed by atoms with E-state index in [1.54, 1.807) is 6.92 Å². The number of amides is 2. The first-order valence-electron chi connectivity index (χ1n) is 10.1. The van der Waals surface area contributed by atoms with E-state index in [0.29, 0.717) is 18.7 Å². The lowest BCUT2D eigenvalue weighted by atomic mass is 9.64. The number of carbonyl (C=O) groups excluding carboxylic acids is 3. The second-order valence-electron chi connectivity index (χ2n) is 7.60. The fourth-order valence-electron chi connectivity index (χ4n) is 3.72. The van der Waals surface area contributed by atoms with E-state index in [2.05, 4.69) is 4.72 Å². The van der Waals surface area contributed by atoms with Crippen LogP contribution in [0, 0.1) is 6.92 Å². The van der Waals surface area contributed by atoms with Crippen molar-refractivity contribution in [3.8, 4) is 5.75 Å². The molecular formula is C19H26BN3O7S. The molecule has 1 unspecified atom stereocenters. The number of nitrogens with zero attached hydrogens (tertiary/aromatic N) is 2. The molecule has 31 heavy (non-hydrogen) atoms. The van der Waals surface area contributed by atoms with Gasteiger partial charge in [0, 0.05) is 25.3 Å². The van der Waals surface area contributed by atoms with Crippen molar-refractivity contribution in [1.29, 1.82) is 0 Å². The summed E-state index contributed by atoms with van der Waals surface area (Å²) in [6.45, 7) is 3.60. The van der Waals surface area contributed by atoms with Crippen molar-refractivity contribution in [2.24, 2.45) is 0 Å². The largest absolute Gasteiger partial charge is 0.536 e. The van der Waals surface area contributed by atoms with E-state index in [-0.39, 0.29) is 19.5 Å². The molecule has 12 heteroatoms. The monoisotopic (exact) mass is 451 g/mol. The molecule has 3 rings (SSSR count). The van der Waals surface area contributed by atoms with Crippen molar-refractivity contribution < 1.29 is 33.4 Å². The van der Waals surface area contributed by atoms with E-state index >= 15 is 0 Å². The Bertz CT molecular complexity index is 899. The normalized spacial score (nSPS) is 20.9. The highest BCUT2D eigenvalue weighted by atomic mass is 32.2. The molecular weight excluding hydrogens is 425 g/mol. The molecule has 10 nitrogen and oxygen atoms in total. The van der Waals surface area contributed by atoms with Gasteiger partial charge in [-0.15, -0.1) is 0 Å². The van der Waals surface area contributed by atoms with Gasteiger partial charge in [0.15, 0.2) is 17.0 Å². The number of aryl methyl sites for hydroxylation is 1. The van der Waals surface area contributed by atoms with Gasteiger partial charge < -0.3 is 19.7 Å². The summed E-state index contributed by atoms with van der Waals surface area (Å²) in [5.74, 6) is -2.10. The first kappa shape index (κ1) is 23.4. The zero-order valence-corrected chi connectivity index (χ0v) is 18.3. The molecule has 0 radical (unpaired) electrons. The summed E-state index contributed by atoms with van der Waals surface area (Å²) >= 11 is -2.17. The second-order valence-corrected chi connectivity index (χ2v) is 8.78. The molecule has 3 N–H and O–H groups in total. The number of likely N-dealkylation sites (N-methyl/N-ethyl adjacent to an activating group) is 1. The summed E-state index contributed by atoms with van der Waals surface area (Å²) in [5, 5.41) is 20.0. The number of Topliss-reactive ketones (excluding diaryl/α,β-unsaturated/α-hetero) is 1. The number of carbonyl (C=O) groups is 3. The minimum absolute atomic E-state index is 0.0513. The van der Waals surface area contributed by atoms with Gasteiger partial charge in [-0.25, -0.2) is 13.2 Å². The van der Waals surface area contributed by atoms with Crippen LogP contribution in [0.2, 0.25) is 5.82 Å². The molecule has 0 aromatic heterocycles. The van der Waals surface area contributed by atoms with Crippen LogP contribution >= 0.6 is 0 Å². The molecule has 168 valence electrons. The molecule has 0 bridgehead atoms. The van der Waals surface area contributed by atoms with Crippen LogP contribution < -0.4 is 9.38 Å². The van der Waals surface area contributed by atoms with Crippen molar-refractivity contribution in [3.05, 3.63) is 29.3 Å². The van der Waals surface area contributed by atoms with Crippen molar-refractivity contribution in [3.63, 3.8) is 0 Å². The van der Waals surface area contributed by atoms with Crippen molar-refractivity contribution in [2.75, 3.05) is 26.2 Å². The zero-order chi connectivity index (χ0) is 22.7. The molecule has 0 aliphatic carbocycles. The van der Waals surface area contributed by atoms with E-state index in [4.69, 9.17) is 4.65 Å². The van der Waals surface area contributed by atoms with Gasteiger partial charge in [0.2, 0.25) is 0 Å². The van der Waals surface area contributed by atoms with Crippen LogP contribution in [0.4, 0.5) is 0 Å². The average Bonchev–Trinajstić information content (AvgIpc) is 2.75. The molecule has 0 saturated carbocycles. The van der Waals surface area contributed by atoms with Gasteiger partial charge >= 0.3 is 18.9 Å². The smallest absolute Gasteiger partial charge is 0.526 e. The van der Waals surface area contributed by atoms with Crippen LogP contribution in [-0.4, -0.2) is 80.5 Å². The number of ketones is 1. The molecule has 2 amide bonds. The minimum Gasteiger partial charge on any atom is -0.536 e. The summed E-state index contributed by atoms with van der Waals surface area (Å²) in [7, 11) is -1.19. The van der Waals surface area contributed by atoms with Crippen LogP contribution in [0.25, 0.3) is 0 Å². The van der Waals surface area contributed by atoms with Crippen LogP contribution in [0.3, 0.4) is 0 Å². The van der Waals surface area contributed by atoms with Crippen molar-refractivity contribution in [2.45, 2.75) is 38.5 Å². The predicted octanol–water partition coefficient (Wildman–Crippen LogP) is -1.04. The first-order valence-corrected chi connectivity index (χ1v) is 11.2. The van der Waals surface area contributed by atoms with Gasteiger partial charge in [-0.3, -0.25) is 14.4 Å². The van der Waals surface area contributed by atoms with E-state index in [1.807, 2.05) is 25.1 Å². The molecule has 1 aromatic carbocycles. The topological polar surface area (TPSA) is 136 Å². The number of para-hydroxylation sites is 1. The van der Waals surface area contributed by atoms with Gasteiger partial charge in [0.1, 0.15) is 11.8 Å². The number of aliphatic hydroxyl groups is 1. The van der Waals surface area contributed by atoms with Gasteiger partial charge in [-0.1, -0.05) is 18.2 Å². The minimum atomic E-state index is -2.17. The number of aliphatic hydroxyl groups excluding tert-OH is 1. The number of fused-ring (bicyclic) bond motifs is 1. The lowest BCUT2D eigenvalue weighted by Gasteiger charge is -2.32. The number of hydrogen-bond acceptors (Lipinski definition) is 7. The number of piperazine rings is 1. The Kier molecular flexibility index (Phi) is 7.47. The Morgan fingerprint density at radius 3 is 2.77 bits per heavy atom. The highest BCUT2D eigenvalue weighted by molar-refractivity contribution is 7.81. The Morgan fingerprint density at radius 2 is 2.10 bits per heavy atom. The highest BCUT2D eigenvalue weighted by Gasteiger charge is 2.39.